The Morgan fingerprint density at radius 3 is 2.66 bits per heavy atom. The van der Waals surface area contributed by atoms with Crippen LogP contribution in [0.3, 0.4) is 0 Å². The highest BCUT2D eigenvalue weighted by Gasteiger charge is 2.25. The van der Waals surface area contributed by atoms with E-state index in [1.54, 1.807) is 7.11 Å². The van der Waals surface area contributed by atoms with Gasteiger partial charge < -0.3 is 14.8 Å². The molecule has 0 radical (unpaired) electrons. The topological polar surface area (TPSA) is 78.3 Å². The number of nitrogens with one attached hydrogen (secondary N) is 1. The van der Waals surface area contributed by atoms with Crippen molar-refractivity contribution in [2.24, 2.45) is 5.92 Å². The molecule has 174 valence electrons. The molecule has 1 aromatic carbocycles. The van der Waals surface area contributed by atoms with Crippen molar-refractivity contribution in [3.63, 3.8) is 0 Å². The minimum Gasteiger partial charge on any atom is -0.497 e. The van der Waals surface area contributed by atoms with Crippen molar-refractivity contribution < 1.29 is 14.3 Å². The van der Waals surface area contributed by atoms with Crippen LogP contribution in [0.15, 0.2) is 29.4 Å². The first-order valence-electron chi connectivity index (χ1n) is 11.8. The number of nitrogens with zero attached hydrogens (tertiary/aromatic N) is 3. The summed E-state index contributed by atoms with van der Waals surface area (Å²) in [4.78, 5) is 12.8. The molecule has 7 nitrogen and oxygen atoms in total. The van der Waals surface area contributed by atoms with E-state index < -0.39 is 0 Å². The van der Waals surface area contributed by atoms with Gasteiger partial charge in [0.2, 0.25) is 5.91 Å². The quantitative estimate of drug-likeness (QED) is 0.564. The van der Waals surface area contributed by atoms with Crippen molar-refractivity contribution in [1.82, 2.24) is 20.1 Å². The number of rotatable bonds is 9. The molecule has 2 aromatic rings. The summed E-state index contributed by atoms with van der Waals surface area (Å²) in [5, 5.41) is 12.6. The first-order chi connectivity index (χ1) is 15.6. The van der Waals surface area contributed by atoms with Gasteiger partial charge >= 0.3 is 0 Å². The number of thioether (sulfide) groups is 1. The largest absolute Gasteiger partial charge is 0.497 e. The van der Waals surface area contributed by atoms with E-state index in [2.05, 4.69) is 20.1 Å². The zero-order valence-corrected chi connectivity index (χ0v) is 19.9. The third-order valence-corrected chi connectivity index (χ3v) is 7.50. The molecule has 0 unspecified atom stereocenters. The van der Waals surface area contributed by atoms with Crippen molar-refractivity contribution in [2.45, 2.75) is 74.9 Å². The maximum atomic E-state index is 12.8. The van der Waals surface area contributed by atoms with Gasteiger partial charge in [0.1, 0.15) is 5.75 Å². The van der Waals surface area contributed by atoms with E-state index in [9.17, 15) is 4.79 Å². The van der Waals surface area contributed by atoms with Gasteiger partial charge in [0.25, 0.3) is 0 Å². The second-order valence-electron chi connectivity index (χ2n) is 8.79. The molecule has 1 N–H and O–H groups in total. The molecule has 1 amide bonds. The van der Waals surface area contributed by atoms with Gasteiger partial charge in [-0.15, -0.1) is 10.2 Å². The lowest BCUT2D eigenvalue weighted by molar-refractivity contribution is -0.120. The van der Waals surface area contributed by atoms with Crippen LogP contribution >= 0.6 is 11.8 Å². The van der Waals surface area contributed by atoms with Gasteiger partial charge in [-0.1, -0.05) is 31.0 Å². The normalized spacial score (nSPS) is 20.2. The Morgan fingerprint density at radius 2 is 1.97 bits per heavy atom. The predicted octanol–water partition coefficient (Wildman–Crippen LogP) is 4.31. The van der Waals surface area contributed by atoms with Gasteiger partial charge in [-0.3, -0.25) is 9.36 Å². The minimum absolute atomic E-state index is 0.0678. The van der Waals surface area contributed by atoms with Crippen LogP contribution in [0.2, 0.25) is 0 Å². The maximum Gasteiger partial charge on any atom is 0.233 e. The molecule has 2 aliphatic rings. The van der Waals surface area contributed by atoms with Gasteiger partial charge in [0.05, 0.1) is 25.0 Å². The van der Waals surface area contributed by atoms with Crippen LogP contribution in [0.1, 0.15) is 51.9 Å². The lowest BCUT2D eigenvalue weighted by atomic mass is 9.89. The molecule has 2 fully saturated rings. The first kappa shape index (κ1) is 23.1. The Kier molecular flexibility index (Phi) is 8.08. The molecule has 0 spiro atoms. The second kappa shape index (κ2) is 11.2. The zero-order valence-electron chi connectivity index (χ0n) is 19.1. The average molecular weight is 459 g/mol. The summed E-state index contributed by atoms with van der Waals surface area (Å²) in [6, 6.07) is 7.83. The van der Waals surface area contributed by atoms with Crippen molar-refractivity contribution in [2.75, 3.05) is 20.3 Å². The number of ether oxygens (including phenoxy) is 2. The number of aromatic nitrogens is 3. The Hall–Kier alpha value is -2.06. The molecule has 4 rings (SSSR count). The Bertz CT molecular complexity index is 874. The van der Waals surface area contributed by atoms with Gasteiger partial charge in [0, 0.05) is 18.7 Å². The molecule has 2 heterocycles. The molecule has 1 aliphatic carbocycles. The molecule has 1 aromatic heterocycles. The van der Waals surface area contributed by atoms with Crippen molar-refractivity contribution in [1.29, 1.82) is 0 Å². The van der Waals surface area contributed by atoms with Crippen LogP contribution in [-0.4, -0.2) is 52.3 Å². The zero-order chi connectivity index (χ0) is 22.3. The van der Waals surface area contributed by atoms with Gasteiger partial charge in [-0.25, -0.2) is 0 Å². The first-order valence-corrected chi connectivity index (χ1v) is 12.7. The molecular formula is C24H34N4O3S. The van der Waals surface area contributed by atoms with Gasteiger partial charge in [-0.2, -0.15) is 0 Å². The Balaban J connectivity index is 1.46. The standard InChI is InChI=1S/C24H34N4O3S/c1-17(23(29)25-15-18-7-4-3-5-8-18)32-24-27-26-22(19-10-12-20(30-2)13-11-19)28(24)16-21-9-6-14-31-21/h10-13,17-18,21H,3-9,14-16H2,1-2H3,(H,25,29)/t17-,21+/m1/s1. The highest BCUT2D eigenvalue weighted by Crippen LogP contribution is 2.30. The monoisotopic (exact) mass is 458 g/mol. The fourth-order valence-corrected chi connectivity index (χ4v) is 5.36. The molecule has 8 heteroatoms. The van der Waals surface area contributed by atoms with E-state index in [0.717, 1.165) is 48.3 Å². The van der Waals surface area contributed by atoms with Crippen molar-refractivity contribution >= 4 is 17.7 Å². The number of methoxy groups -OCH3 is 1. The minimum atomic E-state index is -0.241. The molecule has 1 saturated heterocycles. The number of carbonyl (C=O) groups excluding carboxylic acids is 1. The average Bonchev–Trinajstić information content (AvgIpc) is 3.49. The van der Waals surface area contributed by atoms with Crippen LogP contribution in [0, 0.1) is 5.92 Å². The summed E-state index contributed by atoms with van der Waals surface area (Å²) in [5.74, 6) is 2.28. The van der Waals surface area contributed by atoms with Crippen LogP contribution in [0.5, 0.6) is 5.75 Å². The lowest BCUT2D eigenvalue weighted by Crippen LogP contribution is -2.35. The van der Waals surface area contributed by atoms with E-state index in [4.69, 9.17) is 9.47 Å². The summed E-state index contributed by atoms with van der Waals surface area (Å²) in [6.07, 6.45) is 8.60. The van der Waals surface area contributed by atoms with E-state index in [0.29, 0.717) is 12.5 Å². The SMILES string of the molecule is COc1ccc(-c2nnc(S[C@H](C)C(=O)NCC3CCCCC3)n2C[C@@H]2CCCO2)cc1. The van der Waals surface area contributed by atoms with Crippen molar-refractivity contribution in [3.8, 4) is 17.1 Å². The van der Waals surface area contributed by atoms with E-state index in [-0.39, 0.29) is 17.3 Å². The number of carbonyl (C=O) groups is 1. The summed E-state index contributed by atoms with van der Waals surface area (Å²) in [7, 11) is 1.66. The van der Waals surface area contributed by atoms with Crippen LogP contribution in [0.25, 0.3) is 11.4 Å². The molecular weight excluding hydrogens is 424 g/mol. The molecule has 32 heavy (non-hydrogen) atoms. The van der Waals surface area contributed by atoms with Crippen molar-refractivity contribution in [3.05, 3.63) is 24.3 Å². The van der Waals surface area contributed by atoms with E-state index in [1.165, 1.54) is 43.9 Å². The number of hydrogen-bond donors (Lipinski definition) is 1. The fourth-order valence-electron chi connectivity index (χ4n) is 4.48. The third-order valence-electron chi connectivity index (χ3n) is 6.42. The molecule has 0 bridgehead atoms. The van der Waals surface area contributed by atoms with Crippen LogP contribution < -0.4 is 10.1 Å². The number of hydrogen-bond acceptors (Lipinski definition) is 6. The predicted molar refractivity (Wildman–Crippen MR) is 126 cm³/mol. The highest BCUT2D eigenvalue weighted by molar-refractivity contribution is 8.00. The van der Waals surface area contributed by atoms with Gasteiger partial charge in [-0.05, 0) is 62.8 Å². The maximum absolute atomic E-state index is 12.8. The summed E-state index contributed by atoms with van der Waals surface area (Å²) >= 11 is 1.47. The highest BCUT2D eigenvalue weighted by atomic mass is 32.2. The smallest absolute Gasteiger partial charge is 0.233 e. The number of amides is 1. The fraction of sp³-hybridized carbons (Fsp3) is 0.625. The van der Waals surface area contributed by atoms with Crippen LogP contribution in [0.4, 0.5) is 0 Å². The lowest BCUT2D eigenvalue weighted by Gasteiger charge is -2.22. The molecule has 1 saturated carbocycles. The summed E-state index contributed by atoms with van der Waals surface area (Å²) < 4.78 is 13.3. The van der Waals surface area contributed by atoms with E-state index >= 15 is 0 Å². The second-order valence-corrected chi connectivity index (χ2v) is 10.1. The van der Waals surface area contributed by atoms with Gasteiger partial charge in [0.15, 0.2) is 11.0 Å². The van der Waals surface area contributed by atoms with Crippen LogP contribution in [-0.2, 0) is 16.1 Å². The van der Waals surface area contributed by atoms with E-state index in [1.807, 2.05) is 31.2 Å². The molecule has 1 aliphatic heterocycles. The third kappa shape index (κ3) is 5.84. The molecule has 2 atom stereocenters. The number of benzene rings is 1. The summed E-state index contributed by atoms with van der Waals surface area (Å²) in [6.45, 7) is 4.21. The Morgan fingerprint density at radius 1 is 1.19 bits per heavy atom. The summed E-state index contributed by atoms with van der Waals surface area (Å²) in [5.41, 5.74) is 0.970. The Labute approximate surface area is 194 Å².